The second-order valence-electron chi connectivity index (χ2n) is 6.86. The highest BCUT2D eigenvalue weighted by Crippen LogP contribution is 2.12. The molecule has 0 aromatic carbocycles. The summed E-state index contributed by atoms with van der Waals surface area (Å²) in [4.78, 5) is 11.3. The summed E-state index contributed by atoms with van der Waals surface area (Å²) in [5.74, 6) is -0.0900. The highest BCUT2D eigenvalue weighted by molar-refractivity contribution is 5.85. The van der Waals surface area contributed by atoms with Gasteiger partial charge in [0.15, 0.2) is 5.78 Å². The van der Waals surface area contributed by atoms with Crippen molar-refractivity contribution >= 4 is 5.78 Å². The van der Waals surface area contributed by atoms with Gasteiger partial charge in [-0.2, -0.15) is 0 Å². The smallest absolute Gasteiger partial charge is 0.162 e. The van der Waals surface area contributed by atoms with E-state index in [2.05, 4.69) is 6.92 Å². The van der Waals surface area contributed by atoms with Crippen LogP contribution in [0.4, 0.5) is 0 Å². The predicted molar refractivity (Wildman–Crippen MR) is 99.1 cm³/mol. The number of Topliss-reactive ketones (excluding diaryl/α,β-unsaturated/α-hetero) is 1. The molecule has 0 bridgehead atoms. The Hall–Kier alpha value is -0.490. The molecule has 3 unspecified atom stereocenters. The van der Waals surface area contributed by atoms with Crippen molar-refractivity contribution in [1.82, 2.24) is 0 Å². The lowest BCUT2D eigenvalue weighted by atomic mass is 9.97. The topological polar surface area (TPSA) is 121 Å². The predicted octanol–water partition coefficient (Wildman–Crippen LogP) is 2.20. The number of hydrogen-bond acceptors (Lipinski definition) is 5. The van der Waals surface area contributed by atoms with E-state index >= 15 is 0 Å². The molecule has 0 saturated carbocycles. The number of rotatable bonds is 16. The lowest BCUT2D eigenvalue weighted by molar-refractivity contribution is -0.119. The molecule has 0 spiro atoms. The molecular weight excluding hydrogens is 288 g/mol. The molecule has 138 valence electrons. The largest absolute Gasteiger partial charge is 0.328 e. The number of carbonyl (C=O) groups excluding carboxylic acids is 1. The average Bonchev–Trinajstić information content (AvgIpc) is 2.56. The minimum Gasteiger partial charge on any atom is -0.328 e. The van der Waals surface area contributed by atoms with E-state index < -0.39 is 6.04 Å². The summed E-state index contributed by atoms with van der Waals surface area (Å²) in [5, 5.41) is 0. The molecule has 0 aliphatic rings. The zero-order chi connectivity index (χ0) is 17.5. The molecule has 0 fully saturated rings. The van der Waals surface area contributed by atoms with Crippen molar-refractivity contribution in [3.63, 3.8) is 0 Å². The van der Waals surface area contributed by atoms with E-state index in [1.807, 2.05) is 0 Å². The molecule has 0 saturated heterocycles. The second kappa shape index (κ2) is 15.1. The maximum Gasteiger partial charge on any atom is 0.162 e. The minimum absolute atomic E-state index is 0.0136. The van der Waals surface area contributed by atoms with E-state index in [1.165, 1.54) is 44.9 Å². The van der Waals surface area contributed by atoms with Crippen LogP contribution in [0.25, 0.3) is 0 Å². The zero-order valence-electron chi connectivity index (χ0n) is 15.1. The van der Waals surface area contributed by atoms with Crippen molar-refractivity contribution < 1.29 is 4.79 Å². The van der Waals surface area contributed by atoms with E-state index in [-0.39, 0.29) is 24.4 Å². The standard InChI is InChI=1S/C18H40N4O/c1-2-3-4-5-6-7-8-9-15(20)10-11-16(21)12-13-17(22)18(23)14-19/h15-17H,2-14,19-22H2,1H3. The maximum atomic E-state index is 11.3. The van der Waals surface area contributed by atoms with E-state index in [4.69, 9.17) is 22.9 Å². The van der Waals surface area contributed by atoms with Gasteiger partial charge in [-0.1, -0.05) is 51.9 Å². The van der Waals surface area contributed by atoms with Crippen molar-refractivity contribution in [2.75, 3.05) is 6.54 Å². The van der Waals surface area contributed by atoms with Gasteiger partial charge in [-0.15, -0.1) is 0 Å². The first-order chi connectivity index (χ1) is 11.0. The fourth-order valence-electron chi connectivity index (χ4n) is 2.79. The molecule has 0 radical (unpaired) electrons. The Morgan fingerprint density at radius 1 is 0.739 bits per heavy atom. The van der Waals surface area contributed by atoms with Gasteiger partial charge in [0.2, 0.25) is 0 Å². The Bertz CT molecular complexity index is 286. The second-order valence-corrected chi connectivity index (χ2v) is 6.86. The zero-order valence-corrected chi connectivity index (χ0v) is 15.1. The molecule has 0 aromatic heterocycles. The third-order valence-corrected chi connectivity index (χ3v) is 4.55. The van der Waals surface area contributed by atoms with Crippen molar-refractivity contribution in [2.45, 2.75) is 102 Å². The number of hydrogen-bond donors (Lipinski definition) is 4. The molecule has 0 heterocycles. The van der Waals surface area contributed by atoms with Gasteiger partial charge in [-0.3, -0.25) is 4.79 Å². The first kappa shape index (κ1) is 22.5. The van der Waals surface area contributed by atoms with Crippen LogP contribution < -0.4 is 22.9 Å². The lowest BCUT2D eigenvalue weighted by Crippen LogP contribution is -2.37. The highest BCUT2D eigenvalue weighted by Gasteiger charge is 2.14. The van der Waals surface area contributed by atoms with Crippen LogP contribution in [0.2, 0.25) is 0 Å². The quantitative estimate of drug-likeness (QED) is 0.324. The van der Waals surface area contributed by atoms with Gasteiger partial charge in [0, 0.05) is 12.1 Å². The van der Waals surface area contributed by atoms with Crippen molar-refractivity contribution in [3.05, 3.63) is 0 Å². The Morgan fingerprint density at radius 2 is 1.22 bits per heavy atom. The fraction of sp³-hybridized carbons (Fsp3) is 0.944. The van der Waals surface area contributed by atoms with E-state index in [0.717, 1.165) is 25.7 Å². The van der Waals surface area contributed by atoms with Gasteiger partial charge in [0.1, 0.15) is 0 Å². The Kier molecular flexibility index (Phi) is 14.7. The van der Waals surface area contributed by atoms with Gasteiger partial charge in [0.05, 0.1) is 12.6 Å². The summed E-state index contributed by atoms with van der Waals surface area (Å²) in [7, 11) is 0. The molecule has 5 heteroatoms. The summed E-state index contributed by atoms with van der Waals surface area (Å²) in [6.45, 7) is 2.26. The minimum atomic E-state index is -0.465. The number of nitrogens with two attached hydrogens (primary N) is 4. The van der Waals surface area contributed by atoms with Gasteiger partial charge in [0.25, 0.3) is 0 Å². The van der Waals surface area contributed by atoms with Crippen LogP contribution in [-0.4, -0.2) is 30.5 Å². The first-order valence-electron chi connectivity index (χ1n) is 9.50. The first-order valence-corrected chi connectivity index (χ1v) is 9.50. The number of ketones is 1. The highest BCUT2D eigenvalue weighted by atomic mass is 16.1. The van der Waals surface area contributed by atoms with Crippen LogP contribution in [0.5, 0.6) is 0 Å². The Balaban J connectivity index is 3.53. The van der Waals surface area contributed by atoms with E-state index in [9.17, 15) is 4.79 Å². The molecule has 0 rings (SSSR count). The fourth-order valence-corrected chi connectivity index (χ4v) is 2.79. The van der Waals surface area contributed by atoms with Crippen LogP contribution in [0.3, 0.4) is 0 Å². The van der Waals surface area contributed by atoms with Crippen LogP contribution in [-0.2, 0) is 4.79 Å². The number of carbonyl (C=O) groups is 1. The molecule has 0 aliphatic heterocycles. The third kappa shape index (κ3) is 13.6. The van der Waals surface area contributed by atoms with E-state index in [1.54, 1.807) is 0 Å². The van der Waals surface area contributed by atoms with Crippen molar-refractivity contribution in [3.8, 4) is 0 Å². The van der Waals surface area contributed by atoms with Gasteiger partial charge >= 0.3 is 0 Å². The Labute approximate surface area is 142 Å². The molecule has 0 aromatic rings. The molecule has 8 N–H and O–H groups in total. The normalized spacial score (nSPS) is 15.3. The summed E-state index contributed by atoms with van der Waals surface area (Å²) in [6, 6.07) is -0.143. The SMILES string of the molecule is CCCCCCCCCC(N)CCC(N)CCC(N)C(=O)CN. The summed E-state index contributed by atoms with van der Waals surface area (Å²) < 4.78 is 0. The van der Waals surface area contributed by atoms with Crippen molar-refractivity contribution in [1.29, 1.82) is 0 Å². The maximum absolute atomic E-state index is 11.3. The average molecular weight is 329 g/mol. The lowest BCUT2D eigenvalue weighted by Gasteiger charge is -2.17. The molecular formula is C18H40N4O. The number of unbranched alkanes of at least 4 members (excludes halogenated alkanes) is 6. The molecule has 5 nitrogen and oxygen atoms in total. The summed E-state index contributed by atoms with van der Waals surface area (Å²) in [6.07, 6.45) is 13.6. The van der Waals surface area contributed by atoms with Crippen LogP contribution in [0, 0.1) is 0 Å². The van der Waals surface area contributed by atoms with Crippen LogP contribution >= 0.6 is 0 Å². The monoisotopic (exact) mass is 328 g/mol. The van der Waals surface area contributed by atoms with Crippen LogP contribution in [0.1, 0.15) is 84.0 Å². The summed E-state index contributed by atoms with van der Waals surface area (Å²) in [5.41, 5.74) is 23.3. The molecule has 3 atom stereocenters. The van der Waals surface area contributed by atoms with Gasteiger partial charge < -0.3 is 22.9 Å². The molecule has 23 heavy (non-hydrogen) atoms. The summed E-state index contributed by atoms with van der Waals surface area (Å²) >= 11 is 0. The Morgan fingerprint density at radius 3 is 1.78 bits per heavy atom. The van der Waals surface area contributed by atoms with Crippen molar-refractivity contribution in [2.24, 2.45) is 22.9 Å². The van der Waals surface area contributed by atoms with Gasteiger partial charge in [-0.05, 0) is 32.1 Å². The molecule has 0 aliphatic carbocycles. The third-order valence-electron chi connectivity index (χ3n) is 4.55. The molecule has 0 amide bonds. The van der Waals surface area contributed by atoms with Gasteiger partial charge in [-0.25, -0.2) is 0 Å². The van der Waals surface area contributed by atoms with Crippen LogP contribution in [0.15, 0.2) is 0 Å². The van der Waals surface area contributed by atoms with E-state index in [0.29, 0.717) is 6.42 Å².